The first-order chi connectivity index (χ1) is 22.1. The molecule has 45 heavy (non-hydrogen) atoms. The highest BCUT2D eigenvalue weighted by Gasteiger charge is 2.39. The van der Waals surface area contributed by atoms with E-state index in [-0.39, 0.29) is 5.41 Å². The molecule has 0 radical (unpaired) electrons. The average molecular weight is 594 g/mol. The van der Waals surface area contributed by atoms with Crippen LogP contribution < -0.4 is 4.90 Å². The van der Waals surface area contributed by atoms with Gasteiger partial charge < -0.3 is 4.90 Å². The summed E-state index contributed by atoms with van der Waals surface area (Å²) in [7, 11) is 0. The van der Waals surface area contributed by atoms with Gasteiger partial charge in [0.1, 0.15) is 0 Å². The van der Waals surface area contributed by atoms with E-state index in [2.05, 4.69) is 170 Å². The van der Waals surface area contributed by atoms with E-state index in [4.69, 9.17) is 0 Å². The molecule has 1 aliphatic carbocycles. The molecule has 0 N–H and O–H groups in total. The molecule has 0 bridgehead atoms. The Hall–Kier alpha value is -5.18. The summed E-state index contributed by atoms with van der Waals surface area (Å²) in [5.41, 5.74) is 11.3. The zero-order valence-corrected chi connectivity index (χ0v) is 26.1. The van der Waals surface area contributed by atoms with Gasteiger partial charge in [0.25, 0.3) is 0 Å². The average Bonchev–Trinajstić information content (AvgIpc) is 3.59. The Morgan fingerprint density at radius 3 is 2.04 bits per heavy atom. The van der Waals surface area contributed by atoms with E-state index in [1.807, 2.05) is 11.3 Å². The fraction of sp³-hybridized carbons (Fsp3) is 0.0698. The molecular formula is C43H31NS. The number of fused-ring (bicyclic) bond motifs is 8. The minimum atomic E-state index is -0.144. The summed E-state index contributed by atoms with van der Waals surface area (Å²) in [6, 6.07) is 55.7. The van der Waals surface area contributed by atoms with Gasteiger partial charge in [-0.3, -0.25) is 0 Å². The second kappa shape index (κ2) is 9.92. The second-order valence-electron chi connectivity index (χ2n) is 12.5. The number of anilines is 3. The van der Waals surface area contributed by atoms with Crippen LogP contribution in [0.1, 0.15) is 25.0 Å². The maximum absolute atomic E-state index is 2.52. The first-order valence-corrected chi connectivity index (χ1v) is 16.4. The van der Waals surface area contributed by atoms with E-state index >= 15 is 0 Å². The fourth-order valence-electron chi connectivity index (χ4n) is 7.58. The number of nitrogens with zero attached hydrogens (tertiary/aromatic N) is 1. The molecule has 1 nitrogen and oxygen atoms in total. The van der Waals surface area contributed by atoms with Crippen LogP contribution in [-0.4, -0.2) is 0 Å². The van der Waals surface area contributed by atoms with Crippen molar-refractivity contribution in [2.75, 3.05) is 4.90 Å². The van der Waals surface area contributed by atoms with Crippen LogP contribution in [0, 0.1) is 0 Å². The molecule has 1 heterocycles. The summed E-state index contributed by atoms with van der Waals surface area (Å²) in [6.07, 6.45) is 0. The maximum Gasteiger partial charge on any atom is 0.0640 e. The van der Waals surface area contributed by atoms with Crippen molar-refractivity contribution < 1.29 is 0 Å². The van der Waals surface area contributed by atoms with Gasteiger partial charge in [-0.1, -0.05) is 135 Å². The van der Waals surface area contributed by atoms with Crippen molar-refractivity contribution in [3.63, 3.8) is 0 Å². The molecule has 0 saturated heterocycles. The lowest BCUT2D eigenvalue weighted by Crippen LogP contribution is -2.20. The topological polar surface area (TPSA) is 3.24 Å². The number of rotatable bonds is 4. The van der Waals surface area contributed by atoms with Crippen molar-refractivity contribution in [3.8, 4) is 22.3 Å². The summed E-state index contributed by atoms with van der Waals surface area (Å²) in [6.45, 7) is 4.76. The molecule has 9 rings (SSSR count). The van der Waals surface area contributed by atoms with E-state index in [9.17, 15) is 0 Å². The molecule has 0 aliphatic heterocycles. The summed E-state index contributed by atoms with van der Waals surface area (Å²) in [5.74, 6) is 0. The number of hydrogen-bond donors (Lipinski definition) is 0. The molecule has 0 spiro atoms. The minimum Gasteiger partial charge on any atom is -0.309 e. The van der Waals surface area contributed by atoms with Crippen molar-refractivity contribution in [1.82, 2.24) is 0 Å². The molecule has 0 amide bonds. The van der Waals surface area contributed by atoms with Gasteiger partial charge in [0.05, 0.1) is 16.1 Å². The van der Waals surface area contributed by atoms with Crippen LogP contribution in [0.15, 0.2) is 152 Å². The third kappa shape index (κ3) is 3.92. The maximum atomic E-state index is 2.52. The highest BCUT2D eigenvalue weighted by atomic mass is 32.1. The van der Waals surface area contributed by atoms with Gasteiger partial charge in [0, 0.05) is 26.6 Å². The Morgan fingerprint density at radius 2 is 1.18 bits per heavy atom. The smallest absolute Gasteiger partial charge is 0.0640 e. The lowest BCUT2D eigenvalue weighted by Gasteiger charge is -2.32. The van der Waals surface area contributed by atoms with Gasteiger partial charge in [-0.2, -0.15) is 0 Å². The third-order valence-corrected chi connectivity index (χ3v) is 10.8. The molecule has 0 fully saturated rings. The van der Waals surface area contributed by atoms with Crippen LogP contribution in [0.3, 0.4) is 0 Å². The van der Waals surface area contributed by atoms with Gasteiger partial charge in [-0.25, -0.2) is 0 Å². The van der Waals surface area contributed by atoms with Crippen LogP contribution >= 0.6 is 11.3 Å². The van der Waals surface area contributed by atoms with Crippen molar-refractivity contribution in [2.45, 2.75) is 19.3 Å². The van der Waals surface area contributed by atoms with Gasteiger partial charge in [-0.05, 0) is 74.5 Å². The Kier molecular flexibility index (Phi) is 5.78. The Bertz CT molecular complexity index is 2400. The van der Waals surface area contributed by atoms with Crippen LogP contribution in [0.5, 0.6) is 0 Å². The molecule has 1 aliphatic rings. The van der Waals surface area contributed by atoms with E-state index in [1.165, 1.54) is 75.7 Å². The molecule has 1 aromatic heterocycles. The number of thiophene rings is 1. The van der Waals surface area contributed by atoms with Gasteiger partial charge in [-0.15, -0.1) is 11.3 Å². The summed E-state index contributed by atoms with van der Waals surface area (Å²) >= 11 is 1.90. The molecule has 0 atom stereocenters. The second-order valence-corrected chi connectivity index (χ2v) is 13.6. The van der Waals surface area contributed by atoms with Crippen LogP contribution in [0.4, 0.5) is 17.1 Å². The Balaban J connectivity index is 1.33. The zero-order valence-electron chi connectivity index (χ0n) is 25.3. The summed E-state index contributed by atoms with van der Waals surface area (Å²) in [4.78, 5) is 2.52. The number of hydrogen-bond acceptors (Lipinski definition) is 2. The van der Waals surface area contributed by atoms with Crippen molar-refractivity contribution in [1.29, 1.82) is 0 Å². The van der Waals surface area contributed by atoms with Crippen LogP contribution in [-0.2, 0) is 5.41 Å². The molecule has 2 heteroatoms. The van der Waals surface area contributed by atoms with E-state index in [0.29, 0.717) is 0 Å². The molecule has 214 valence electrons. The Labute approximate surface area is 267 Å². The number of benzene rings is 7. The Morgan fingerprint density at radius 1 is 0.511 bits per heavy atom. The molecule has 8 aromatic rings. The zero-order chi connectivity index (χ0) is 30.1. The lowest BCUT2D eigenvalue weighted by molar-refractivity contribution is 0.661. The highest BCUT2D eigenvalue weighted by molar-refractivity contribution is 7.26. The largest absolute Gasteiger partial charge is 0.309 e. The van der Waals surface area contributed by atoms with Crippen LogP contribution in [0.25, 0.3) is 53.2 Å². The summed E-state index contributed by atoms with van der Waals surface area (Å²) < 4.78 is 2.63. The first-order valence-electron chi connectivity index (χ1n) is 15.6. The van der Waals surface area contributed by atoms with Crippen molar-refractivity contribution in [2.24, 2.45) is 0 Å². The third-order valence-electron chi connectivity index (χ3n) is 9.64. The molecule has 0 unspecified atom stereocenters. The van der Waals surface area contributed by atoms with E-state index < -0.39 is 0 Å². The van der Waals surface area contributed by atoms with Crippen LogP contribution in [0.2, 0.25) is 0 Å². The predicted octanol–water partition coefficient (Wildman–Crippen LogP) is 12.7. The normalized spacial score (nSPS) is 13.3. The summed E-state index contributed by atoms with van der Waals surface area (Å²) in [5, 5.41) is 5.25. The fourth-order valence-corrected chi connectivity index (χ4v) is 8.80. The monoisotopic (exact) mass is 593 g/mol. The SMILES string of the molecule is CC1(C)c2ccccc2-c2cccc(N(c3ccc(-c4ccccc4)cc3)c3cccc4c3sc3ccc5ccccc5c34)c21. The molecule has 0 saturated carbocycles. The van der Waals surface area contributed by atoms with Gasteiger partial charge >= 0.3 is 0 Å². The highest BCUT2D eigenvalue weighted by Crippen LogP contribution is 2.55. The van der Waals surface area contributed by atoms with Gasteiger partial charge in [0.15, 0.2) is 0 Å². The van der Waals surface area contributed by atoms with Crippen molar-refractivity contribution in [3.05, 3.63) is 163 Å². The molecular weight excluding hydrogens is 563 g/mol. The lowest BCUT2D eigenvalue weighted by atomic mass is 9.81. The van der Waals surface area contributed by atoms with Crippen molar-refractivity contribution >= 4 is 59.3 Å². The minimum absolute atomic E-state index is 0.144. The standard InChI is InChI=1S/C43H31NS/c1-43(2)36-19-9-8-16-33(36)34-17-10-20-37(41(34)43)44(31-25-22-29(23-26-31)28-12-4-3-5-13-28)38-21-11-18-35-40-32-15-7-6-14-30(32)24-27-39(40)45-42(35)38/h3-27H,1-2H3. The quantitative estimate of drug-likeness (QED) is 0.196. The predicted molar refractivity (Wildman–Crippen MR) is 195 cm³/mol. The first kappa shape index (κ1) is 26.2. The van der Waals surface area contributed by atoms with E-state index in [1.54, 1.807) is 0 Å². The van der Waals surface area contributed by atoms with E-state index in [0.717, 1.165) is 5.69 Å². The van der Waals surface area contributed by atoms with Gasteiger partial charge in [0.2, 0.25) is 0 Å². The molecule has 7 aromatic carbocycles.